The van der Waals surface area contributed by atoms with Crippen LogP contribution in [0.3, 0.4) is 0 Å². The molecule has 0 amide bonds. The molecule has 0 aliphatic rings. The number of rotatable bonds is 1. The van der Waals surface area contributed by atoms with Gasteiger partial charge in [0.05, 0.1) is 31.8 Å². The van der Waals surface area contributed by atoms with Gasteiger partial charge >= 0.3 is 0 Å². The van der Waals surface area contributed by atoms with Gasteiger partial charge in [-0.05, 0) is 30.4 Å². The minimum absolute atomic E-state index is 0.0268. The SMILES string of the molecule is Fc1cc2c(cc1Cl)[nH]c(=S)n2-c1cc(Cl)c(F)c(Cl)c1. The van der Waals surface area contributed by atoms with Gasteiger partial charge in [0, 0.05) is 6.07 Å². The number of hydrogen-bond acceptors (Lipinski definition) is 1. The van der Waals surface area contributed by atoms with Gasteiger partial charge < -0.3 is 4.98 Å². The molecule has 2 aromatic carbocycles. The number of fused-ring (bicyclic) bond motifs is 1. The number of halogens is 5. The molecule has 0 saturated carbocycles. The van der Waals surface area contributed by atoms with E-state index in [0.29, 0.717) is 16.7 Å². The van der Waals surface area contributed by atoms with Crippen LogP contribution in [0.2, 0.25) is 15.1 Å². The highest BCUT2D eigenvalue weighted by atomic mass is 35.5. The van der Waals surface area contributed by atoms with Crippen molar-refractivity contribution < 1.29 is 8.78 Å². The third kappa shape index (κ3) is 2.44. The smallest absolute Gasteiger partial charge is 0.182 e. The fourth-order valence-corrected chi connectivity index (χ4v) is 2.98. The van der Waals surface area contributed by atoms with Crippen molar-refractivity contribution in [2.24, 2.45) is 0 Å². The number of aromatic nitrogens is 2. The highest BCUT2D eigenvalue weighted by molar-refractivity contribution is 7.71. The molecule has 0 aliphatic heterocycles. The van der Waals surface area contributed by atoms with Gasteiger partial charge in [-0.3, -0.25) is 4.57 Å². The quantitative estimate of drug-likeness (QED) is 0.419. The van der Waals surface area contributed by atoms with Crippen LogP contribution in [0.5, 0.6) is 0 Å². The maximum absolute atomic E-state index is 13.7. The molecule has 0 saturated heterocycles. The Bertz CT molecular complexity index is 910. The Balaban J connectivity index is 2.37. The first-order valence-electron chi connectivity index (χ1n) is 5.63. The van der Waals surface area contributed by atoms with Crippen LogP contribution in [-0.4, -0.2) is 9.55 Å². The van der Waals surface area contributed by atoms with E-state index in [2.05, 4.69) is 4.98 Å². The van der Waals surface area contributed by atoms with E-state index in [0.717, 1.165) is 0 Å². The van der Waals surface area contributed by atoms with E-state index >= 15 is 0 Å². The second kappa shape index (κ2) is 5.25. The zero-order valence-corrected chi connectivity index (χ0v) is 13.1. The normalized spacial score (nSPS) is 11.3. The van der Waals surface area contributed by atoms with Gasteiger partial charge in [0.25, 0.3) is 0 Å². The third-order valence-electron chi connectivity index (χ3n) is 2.95. The molecule has 0 unspecified atom stereocenters. The first kappa shape index (κ1) is 14.8. The molecule has 0 fully saturated rings. The Kier molecular flexibility index (Phi) is 3.69. The Hall–Kier alpha value is -1.14. The average molecular weight is 366 g/mol. The zero-order valence-electron chi connectivity index (χ0n) is 10.1. The number of H-pyrrole nitrogens is 1. The summed E-state index contributed by atoms with van der Waals surface area (Å²) in [4.78, 5) is 2.89. The van der Waals surface area contributed by atoms with Gasteiger partial charge in [0.2, 0.25) is 0 Å². The summed E-state index contributed by atoms with van der Waals surface area (Å²) < 4.78 is 29.0. The van der Waals surface area contributed by atoms with Gasteiger partial charge in [-0.15, -0.1) is 0 Å². The lowest BCUT2D eigenvalue weighted by atomic mass is 10.2. The summed E-state index contributed by atoms with van der Waals surface area (Å²) in [6, 6.07) is 5.37. The molecule has 0 atom stereocenters. The van der Waals surface area contributed by atoms with Gasteiger partial charge in [0.15, 0.2) is 10.6 Å². The lowest BCUT2D eigenvalue weighted by Gasteiger charge is -2.07. The standard InChI is InChI=1S/C13H5Cl3F2N2S/c14-6-3-10-11(4-9(6)17)20(13(21)19-10)5-1-7(15)12(18)8(16)2-5/h1-4H,(H,19,21). The van der Waals surface area contributed by atoms with E-state index in [9.17, 15) is 8.78 Å². The average Bonchev–Trinajstić information content (AvgIpc) is 2.71. The van der Waals surface area contributed by atoms with Crippen molar-refractivity contribution >= 4 is 58.1 Å². The summed E-state index contributed by atoms with van der Waals surface area (Å²) in [6.07, 6.45) is 0. The van der Waals surface area contributed by atoms with Crippen LogP contribution in [0.15, 0.2) is 24.3 Å². The number of aromatic amines is 1. The van der Waals surface area contributed by atoms with Crippen LogP contribution in [0.25, 0.3) is 16.7 Å². The van der Waals surface area contributed by atoms with Gasteiger partial charge in [-0.25, -0.2) is 8.78 Å². The molecule has 1 aromatic heterocycles. The molecule has 0 radical (unpaired) electrons. The Labute approximate surface area is 137 Å². The minimum atomic E-state index is -0.720. The number of nitrogens with one attached hydrogen (secondary N) is 1. The first-order chi connectivity index (χ1) is 9.88. The van der Waals surface area contributed by atoms with E-state index < -0.39 is 11.6 Å². The maximum Gasteiger partial charge on any atom is 0.182 e. The second-order valence-corrected chi connectivity index (χ2v) is 5.88. The van der Waals surface area contributed by atoms with Crippen molar-refractivity contribution in [2.45, 2.75) is 0 Å². The van der Waals surface area contributed by atoms with Crippen molar-refractivity contribution in [2.75, 3.05) is 0 Å². The largest absolute Gasteiger partial charge is 0.330 e. The Morgan fingerprint density at radius 2 is 1.57 bits per heavy atom. The molecule has 0 aliphatic carbocycles. The van der Waals surface area contributed by atoms with Crippen LogP contribution < -0.4 is 0 Å². The lowest BCUT2D eigenvalue weighted by molar-refractivity contribution is 0.627. The molecular formula is C13H5Cl3F2N2S. The van der Waals surface area contributed by atoms with Crippen LogP contribution >= 0.6 is 47.0 Å². The highest BCUT2D eigenvalue weighted by Gasteiger charge is 2.14. The van der Waals surface area contributed by atoms with Crippen molar-refractivity contribution in [3.05, 3.63) is 55.7 Å². The molecule has 108 valence electrons. The van der Waals surface area contributed by atoms with E-state index in [4.69, 9.17) is 47.0 Å². The molecule has 8 heteroatoms. The van der Waals surface area contributed by atoms with E-state index in [1.54, 1.807) is 0 Å². The molecule has 3 rings (SSSR count). The first-order valence-corrected chi connectivity index (χ1v) is 7.17. The molecule has 3 aromatic rings. The molecule has 0 bridgehead atoms. The number of hydrogen-bond donors (Lipinski definition) is 1. The van der Waals surface area contributed by atoms with Crippen molar-refractivity contribution in [3.8, 4) is 5.69 Å². The summed E-state index contributed by atoms with van der Waals surface area (Å²) >= 11 is 22.5. The highest BCUT2D eigenvalue weighted by Crippen LogP contribution is 2.30. The fraction of sp³-hybridized carbons (Fsp3) is 0. The van der Waals surface area contributed by atoms with E-state index in [1.807, 2.05) is 0 Å². The minimum Gasteiger partial charge on any atom is -0.330 e. The summed E-state index contributed by atoms with van der Waals surface area (Å²) in [5.74, 6) is -1.31. The van der Waals surface area contributed by atoms with Crippen molar-refractivity contribution in [1.82, 2.24) is 9.55 Å². The number of benzene rings is 2. The van der Waals surface area contributed by atoms with Crippen molar-refractivity contribution in [3.63, 3.8) is 0 Å². The van der Waals surface area contributed by atoms with Gasteiger partial charge in [0.1, 0.15) is 5.82 Å². The molecular weight excluding hydrogens is 361 g/mol. The fourth-order valence-electron chi connectivity index (χ4n) is 2.03. The molecule has 1 N–H and O–H groups in total. The van der Waals surface area contributed by atoms with E-state index in [-0.39, 0.29) is 19.8 Å². The predicted octanol–water partition coefficient (Wildman–Crippen LogP) is 5.93. The Morgan fingerprint density at radius 1 is 0.952 bits per heavy atom. The maximum atomic E-state index is 13.7. The van der Waals surface area contributed by atoms with E-state index in [1.165, 1.54) is 28.8 Å². The van der Waals surface area contributed by atoms with Crippen molar-refractivity contribution in [1.29, 1.82) is 0 Å². The zero-order chi connectivity index (χ0) is 15.3. The molecule has 2 nitrogen and oxygen atoms in total. The second-order valence-electron chi connectivity index (χ2n) is 4.27. The van der Waals surface area contributed by atoms with Crippen LogP contribution in [0.1, 0.15) is 0 Å². The summed E-state index contributed by atoms with van der Waals surface area (Å²) in [5.41, 5.74) is 1.41. The van der Waals surface area contributed by atoms with Crippen LogP contribution in [0, 0.1) is 16.4 Å². The molecule has 1 heterocycles. The summed E-state index contributed by atoms with van der Waals surface area (Å²) in [5, 5.41) is -0.326. The number of imidazole rings is 1. The molecule has 21 heavy (non-hydrogen) atoms. The lowest BCUT2D eigenvalue weighted by Crippen LogP contribution is -1.96. The predicted molar refractivity (Wildman–Crippen MR) is 83.4 cm³/mol. The molecule has 0 spiro atoms. The third-order valence-corrected chi connectivity index (χ3v) is 4.08. The van der Waals surface area contributed by atoms with Gasteiger partial charge in [-0.2, -0.15) is 0 Å². The topological polar surface area (TPSA) is 20.7 Å². The van der Waals surface area contributed by atoms with Gasteiger partial charge in [-0.1, -0.05) is 34.8 Å². The monoisotopic (exact) mass is 364 g/mol. The summed E-state index contributed by atoms with van der Waals surface area (Å²) in [7, 11) is 0. The number of nitrogens with zero attached hydrogens (tertiary/aromatic N) is 1. The summed E-state index contributed by atoms with van der Waals surface area (Å²) in [6.45, 7) is 0. The van der Waals surface area contributed by atoms with Crippen LogP contribution in [-0.2, 0) is 0 Å². The Morgan fingerprint density at radius 3 is 2.19 bits per heavy atom. The van der Waals surface area contributed by atoms with Crippen LogP contribution in [0.4, 0.5) is 8.78 Å².